The minimum absolute atomic E-state index is 0.0231. The van der Waals surface area contributed by atoms with Crippen molar-refractivity contribution in [2.45, 2.75) is 49.8 Å². The van der Waals surface area contributed by atoms with Gasteiger partial charge < -0.3 is 19.3 Å². The van der Waals surface area contributed by atoms with Crippen molar-refractivity contribution in [2.75, 3.05) is 18.0 Å². The molecule has 228 valence electrons. The molecule has 0 bridgehead atoms. The fraction of sp³-hybridized carbons (Fsp3) is 0.344. The number of rotatable bonds is 8. The van der Waals surface area contributed by atoms with Crippen LogP contribution in [0.2, 0.25) is 0 Å². The number of carbonyl (C=O) groups is 1. The Hall–Kier alpha value is -4.48. The molecule has 12 heteroatoms. The normalized spacial score (nSPS) is 18.9. The van der Waals surface area contributed by atoms with Crippen molar-refractivity contribution in [3.05, 3.63) is 77.2 Å². The number of carboxylic acid groups (broad SMARTS) is 1. The third-order valence-electron chi connectivity index (χ3n) is 8.32. The number of benzene rings is 2. The van der Waals surface area contributed by atoms with Crippen LogP contribution in [-0.4, -0.2) is 46.3 Å². The van der Waals surface area contributed by atoms with Gasteiger partial charge in [0, 0.05) is 66.0 Å². The highest BCUT2D eigenvalue weighted by molar-refractivity contribution is 5.94. The first-order valence-corrected chi connectivity index (χ1v) is 14.3. The van der Waals surface area contributed by atoms with Gasteiger partial charge in [-0.05, 0) is 37.1 Å². The molecule has 0 spiro atoms. The molecule has 7 rings (SSSR count). The summed E-state index contributed by atoms with van der Waals surface area (Å²) in [6.07, 6.45) is -0.558. The van der Waals surface area contributed by atoms with Crippen LogP contribution in [0, 0.1) is 5.92 Å². The van der Waals surface area contributed by atoms with Crippen molar-refractivity contribution in [1.82, 2.24) is 10.1 Å². The molecule has 0 atom stereocenters. The molecule has 2 saturated carbocycles. The van der Waals surface area contributed by atoms with Crippen molar-refractivity contribution in [2.24, 2.45) is 5.92 Å². The van der Waals surface area contributed by atoms with Crippen molar-refractivity contribution in [1.29, 1.82) is 0 Å². The fourth-order valence-electron chi connectivity index (χ4n) is 5.78. The Morgan fingerprint density at radius 1 is 1.09 bits per heavy atom. The van der Waals surface area contributed by atoms with Gasteiger partial charge in [-0.3, -0.25) is 0 Å². The van der Waals surface area contributed by atoms with E-state index in [1.54, 1.807) is 24.3 Å². The molecular weight excluding hydrogens is 585 g/mol. The summed E-state index contributed by atoms with van der Waals surface area (Å²) >= 11 is 0. The van der Waals surface area contributed by atoms with E-state index in [1.165, 1.54) is 18.2 Å². The second-order valence-electron chi connectivity index (χ2n) is 11.7. The van der Waals surface area contributed by atoms with Gasteiger partial charge in [-0.25, -0.2) is 18.6 Å². The molecule has 0 unspecified atom stereocenters. The van der Waals surface area contributed by atoms with Crippen molar-refractivity contribution < 1.29 is 41.1 Å². The van der Waals surface area contributed by atoms with Crippen LogP contribution in [0.25, 0.3) is 28.2 Å². The quantitative estimate of drug-likeness (QED) is 0.203. The number of halogens is 5. The van der Waals surface area contributed by atoms with Crippen LogP contribution in [0.15, 0.2) is 59.1 Å². The summed E-state index contributed by atoms with van der Waals surface area (Å²) in [4.78, 5) is 17.8. The summed E-state index contributed by atoms with van der Waals surface area (Å²) in [5, 5.41) is 14.1. The van der Waals surface area contributed by atoms with E-state index in [2.05, 4.69) is 15.0 Å². The average Bonchev–Trinajstić information content (AvgIpc) is 3.69. The lowest BCUT2D eigenvalue weighted by atomic mass is 9.91. The minimum Gasteiger partial charge on any atom is -0.489 e. The third-order valence-corrected chi connectivity index (χ3v) is 8.32. The maximum Gasteiger partial charge on any atom is 0.417 e. The van der Waals surface area contributed by atoms with Crippen LogP contribution in [-0.2, 0) is 6.18 Å². The van der Waals surface area contributed by atoms with E-state index >= 15 is 0 Å². The smallest absolute Gasteiger partial charge is 0.417 e. The number of aromatic carboxylic acids is 1. The summed E-state index contributed by atoms with van der Waals surface area (Å²) < 4.78 is 79.5. The fourth-order valence-corrected chi connectivity index (χ4v) is 5.78. The monoisotopic (exact) mass is 611 g/mol. The molecule has 0 radical (unpaired) electrons. The van der Waals surface area contributed by atoms with E-state index in [9.17, 15) is 31.9 Å². The zero-order valence-corrected chi connectivity index (χ0v) is 23.2. The summed E-state index contributed by atoms with van der Waals surface area (Å²) in [5.41, 5.74) is 0.902. The molecule has 3 fully saturated rings. The molecule has 1 saturated heterocycles. The van der Waals surface area contributed by atoms with Gasteiger partial charge in [0.1, 0.15) is 23.3 Å². The molecule has 44 heavy (non-hydrogen) atoms. The van der Waals surface area contributed by atoms with E-state index in [-0.39, 0.29) is 34.5 Å². The van der Waals surface area contributed by atoms with Gasteiger partial charge >= 0.3 is 12.1 Å². The molecule has 1 aliphatic heterocycles. The highest BCUT2D eigenvalue weighted by Gasteiger charge is 2.47. The van der Waals surface area contributed by atoms with E-state index in [0.717, 1.165) is 24.6 Å². The largest absolute Gasteiger partial charge is 0.489 e. The van der Waals surface area contributed by atoms with Crippen LogP contribution in [0.4, 0.5) is 27.6 Å². The van der Waals surface area contributed by atoms with Gasteiger partial charge in [0.15, 0.2) is 5.69 Å². The first-order valence-electron chi connectivity index (χ1n) is 14.3. The van der Waals surface area contributed by atoms with Crippen LogP contribution in [0.5, 0.6) is 5.75 Å². The maximum absolute atomic E-state index is 13.8. The van der Waals surface area contributed by atoms with Crippen LogP contribution in [0.3, 0.4) is 0 Å². The third kappa shape index (κ3) is 5.37. The topological polar surface area (TPSA) is 88.7 Å². The maximum atomic E-state index is 13.8. The Labute approximate surface area is 247 Å². The lowest BCUT2D eigenvalue weighted by Crippen LogP contribution is -2.45. The van der Waals surface area contributed by atoms with Gasteiger partial charge in [0.25, 0.3) is 5.92 Å². The molecule has 2 aliphatic carbocycles. The summed E-state index contributed by atoms with van der Waals surface area (Å²) in [7, 11) is 0. The number of fused-ring (bicyclic) bond motifs is 1. The lowest BCUT2D eigenvalue weighted by molar-refractivity contribution is -0.137. The van der Waals surface area contributed by atoms with Crippen molar-refractivity contribution in [3.8, 4) is 17.0 Å². The number of hydrogen-bond donors (Lipinski definition) is 1. The number of pyridine rings is 1. The summed E-state index contributed by atoms with van der Waals surface area (Å²) in [6.45, 7) is 1.23. The Balaban J connectivity index is 1.11. The van der Waals surface area contributed by atoms with E-state index < -0.39 is 42.6 Å². The number of carboxylic acids is 1. The van der Waals surface area contributed by atoms with Crippen LogP contribution < -0.4 is 9.64 Å². The Morgan fingerprint density at radius 2 is 1.84 bits per heavy atom. The Morgan fingerprint density at radius 3 is 2.52 bits per heavy atom. The molecule has 1 N–H and O–H groups in total. The number of hydrogen-bond acceptors (Lipinski definition) is 6. The number of alkyl halides is 5. The summed E-state index contributed by atoms with van der Waals surface area (Å²) in [5.74, 6) is -3.01. The molecule has 2 aromatic heterocycles. The molecule has 3 aliphatic rings. The second kappa shape index (κ2) is 10.3. The Kier molecular flexibility index (Phi) is 6.63. The van der Waals surface area contributed by atoms with Gasteiger partial charge in [-0.15, -0.1) is 0 Å². The predicted molar refractivity (Wildman–Crippen MR) is 151 cm³/mol. The van der Waals surface area contributed by atoms with E-state index in [4.69, 9.17) is 9.26 Å². The molecule has 3 heterocycles. The molecule has 7 nitrogen and oxygen atoms in total. The second-order valence-corrected chi connectivity index (χ2v) is 11.7. The van der Waals surface area contributed by atoms with Gasteiger partial charge in [-0.1, -0.05) is 35.5 Å². The van der Waals surface area contributed by atoms with Gasteiger partial charge in [0.05, 0.1) is 11.1 Å². The zero-order valence-electron chi connectivity index (χ0n) is 23.2. The molecule has 0 amide bonds. The first-order chi connectivity index (χ1) is 20.9. The summed E-state index contributed by atoms with van der Waals surface area (Å²) in [6, 6.07) is 11.9. The zero-order chi connectivity index (χ0) is 30.8. The van der Waals surface area contributed by atoms with Crippen LogP contribution >= 0.6 is 0 Å². The van der Waals surface area contributed by atoms with Gasteiger partial charge in [-0.2, -0.15) is 13.2 Å². The van der Waals surface area contributed by atoms with Crippen molar-refractivity contribution in [3.63, 3.8) is 0 Å². The van der Waals surface area contributed by atoms with Gasteiger partial charge in [0.2, 0.25) is 0 Å². The van der Waals surface area contributed by atoms with Crippen LogP contribution in [0.1, 0.15) is 59.0 Å². The molecule has 4 aromatic rings. The first kappa shape index (κ1) is 28.3. The number of nitrogens with zero attached hydrogens (tertiary/aromatic N) is 3. The number of ether oxygens (including phenoxy) is 1. The highest BCUT2D eigenvalue weighted by Crippen LogP contribution is 2.46. The highest BCUT2D eigenvalue weighted by atomic mass is 19.4. The Bertz CT molecular complexity index is 1780. The average molecular weight is 612 g/mol. The molecular formula is C32H26F5N3O4. The SMILES string of the molecule is O=C(O)c1cc(OC2CC(F)(F)C2)c2cc(N3CC(C=Cc4c(-c5ccccc5C(F)(F)F)noc4C4CC4)C3)ccc2n1. The standard InChI is InChI=1S/C32H26F5N3O4/c33-31(34)13-20(14-31)43-27-12-26(30(41)42)38-25-10-8-19(11-23(25)27)40-15-17(16-40)5-9-22-28(39-44-29(22)18-6-7-18)21-3-1-2-4-24(21)32(35,36)37/h1-5,8-12,17-18,20H,6-7,13-16H2,(H,41,42). The number of anilines is 1. The minimum atomic E-state index is -4.54. The van der Waals surface area contributed by atoms with E-state index in [1.807, 2.05) is 12.2 Å². The van der Waals surface area contributed by atoms with Crippen molar-refractivity contribution >= 4 is 28.6 Å². The lowest BCUT2D eigenvalue weighted by Gasteiger charge is -2.40. The predicted octanol–water partition coefficient (Wildman–Crippen LogP) is 7.81. The number of aromatic nitrogens is 2. The molecule has 2 aromatic carbocycles. The van der Waals surface area contributed by atoms with E-state index in [0.29, 0.717) is 35.3 Å².